The van der Waals surface area contributed by atoms with Crippen LogP contribution in [0.2, 0.25) is 0 Å². The van der Waals surface area contributed by atoms with Crippen LogP contribution in [0.15, 0.2) is 115 Å². The Hall–Kier alpha value is -5.36. The van der Waals surface area contributed by atoms with Crippen LogP contribution in [0.4, 0.5) is 0 Å². The third kappa shape index (κ3) is 3.01. The molecule has 3 heterocycles. The van der Waals surface area contributed by atoms with Gasteiger partial charge in [0.05, 0.1) is 18.2 Å². The maximum absolute atomic E-state index is 13.3. The lowest BCUT2D eigenvalue weighted by Crippen LogP contribution is -2.35. The molecule has 8 rings (SSSR count). The van der Waals surface area contributed by atoms with E-state index in [1.807, 2.05) is 103 Å². The van der Waals surface area contributed by atoms with E-state index in [1.54, 1.807) is 19.2 Å². The molecule has 2 atom stereocenters. The van der Waals surface area contributed by atoms with Gasteiger partial charge in [0, 0.05) is 33.4 Å². The summed E-state index contributed by atoms with van der Waals surface area (Å²) in [5.74, 6) is 1.03. The Bertz CT molecular complexity index is 1910. The molecule has 198 valence electrons. The van der Waals surface area contributed by atoms with Gasteiger partial charge in [0.15, 0.2) is 11.2 Å². The molecule has 0 amide bonds. The number of carbonyl (C=O) groups excluding carboxylic acids is 2. The molecule has 6 heteroatoms. The number of hydrogen-bond donors (Lipinski definition) is 0. The van der Waals surface area contributed by atoms with Crippen molar-refractivity contribution in [3.8, 4) is 17.2 Å². The van der Waals surface area contributed by atoms with E-state index < -0.39 is 23.1 Å². The van der Waals surface area contributed by atoms with Gasteiger partial charge in [0.1, 0.15) is 17.2 Å². The normalized spacial score (nSPS) is 21.2. The van der Waals surface area contributed by atoms with Crippen LogP contribution in [0.5, 0.6) is 17.2 Å². The summed E-state index contributed by atoms with van der Waals surface area (Å²) >= 11 is 0. The maximum Gasteiger partial charge on any atom is 0.340 e. The molecular formula is C35H22O6. The SMILES string of the molecule is COc1ccc(C2(c3ccc4c(c3)C3(OC(=O)c5ccccc53)c3ccccc3O4)OC(=O)c3ccccc32)cc1. The van der Waals surface area contributed by atoms with E-state index in [-0.39, 0.29) is 0 Å². The molecule has 0 aromatic heterocycles. The lowest BCUT2D eigenvalue weighted by Gasteiger charge is -2.38. The van der Waals surface area contributed by atoms with Crippen molar-refractivity contribution in [3.05, 3.63) is 160 Å². The van der Waals surface area contributed by atoms with Gasteiger partial charge < -0.3 is 18.9 Å². The molecule has 0 bridgehead atoms. The van der Waals surface area contributed by atoms with Crippen molar-refractivity contribution in [2.24, 2.45) is 0 Å². The zero-order valence-corrected chi connectivity index (χ0v) is 21.9. The van der Waals surface area contributed by atoms with Crippen LogP contribution < -0.4 is 9.47 Å². The Morgan fingerprint density at radius 2 is 1.07 bits per heavy atom. The number of para-hydroxylation sites is 1. The molecule has 2 unspecified atom stereocenters. The third-order valence-electron chi connectivity index (χ3n) is 8.29. The Morgan fingerprint density at radius 3 is 1.76 bits per heavy atom. The smallest absolute Gasteiger partial charge is 0.340 e. The van der Waals surface area contributed by atoms with Gasteiger partial charge in [-0.3, -0.25) is 0 Å². The molecule has 6 nitrogen and oxygen atoms in total. The van der Waals surface area contributed by atoms with Crippen LogP contribution in [0.1, 0.15) is 54.1 Å². The van der Waals surface area contributed by atoms with Gasteiger partial charge in [0.2, 0.25) is 0 Å². The van der Waals surface area contributed by atoms with Crippen molar-refractivity contribution in [1.82, 2.24) is 0 Å². The number of ether oxygens (including phenoxy) is 4. The summed E-state index contributed by atoms with van der Waals surface area (Å²) in [6.07, 6.45) is 0. The summed E-state index contributed by atoms with van der Waals surface area (Å²) in [6.45, 7) is 0. The standard InChI is InChI=1S/C35H22O6/c1-38-23-17-14-21(15-18-23)34(26-10-4-2-8-24(26)32(36)40-34)22-16-19-31-29(20-22)35(28-12-6-7-13-30(28)39-31)27-11-5-3-9-25(27)33(37)41-35/h2-20H,1H3. The van der Waals surface area contributed by atoms with E-state index in [1.165, 1.54) is 0 Å². The first-order valence-corrected chi connectivity index (χ1v) is 13.3. The zero-order valence-electron chi connectivity index (χ0n) is 21.9. The highest BCUT2D eigenvalue weighted by Crippen LogP contribution is 2.57. The Kier molecular flexibility index (Phi) is 4.77. The van der Waals surface area contributed by atoms with Gasteiger partial charge in [-0.15, -0.1) is 0 Å². The van der Waals surface area contributed by atoms with E-state index in [9.17, 15) is 9.59 Å². The van der Waals surface area contributed by atoms with E-state index in [4.69, 9.17) is 18.9 Å². The van der Waals surface area contributed by atoms with Crippen LogP contribution in [-0.2, 0) is 20.7 Å². The molecule has 0 saturated heterocycles. The highest BCUT2D eigenvalue weighted by Gasteiger charge is 2.55. The number of methoxy groups -OCH3 is 1. The molecule has 3 aliphatic rings. The molecule has 5 aromatic rings. The average Bonchev–Trinajstić information content (AvgIpc) is 3.50. The summed E-state index contributed by atoms with van der Waals surface area (Å²) in [6, 6.07) is 35.6. The quantitative estimate of drug-likeness (QED) is 0.237. The number of benzene rings is 5. The third-order valence-corrected chi connectivity index (χ3v) is 8.29. The van der Waals surface area contributed by atoms with Crippen LogP contribution in [0.25, 0.3) is 0 Å². The molecule has 5 aromatic carbocycles. The molecule has 41 heavy (non-hydrogen) atoms. The largest absolute Gasteiger partial charge is 0.497 e. The first-order valence-electron chi connectivity index (χ1n) is 13.3. The van der Waals surface area contributed by atoms with Crippen molar-refractivity contribution < 1.29 is 28.5 Å². The number of hydrogen-bond acceptors (Lipinski definition) is 6. The lowest BCUT2D eigenvalue weighted by molar-refractivity contribution is 0.0218. The van der Waals surface area contributed by atoms with Crippen molar-refractivity contribution >= 4 is 11.9 Å². The molecular weight excluding hydrogens is 516 g/mol. The Balaban J connectivity index is 1.43. The highest BCUT2D eigenvalue weighted by molar-refractivity contribution is 5.98. The molecule has 3 aliphatic heterocycles. The lowest BCUT2D eigenvalue weighted by atomic mass is 9.74. The average molecular weight is 539 g/mol. The molecule has 0 aliphatic carbocycles. The van der Waals surface area contributed by atoms with E-state index in [0.717, 1.165) is 22.3 Å². The summed E-state index contributed by atoms with van der Waals surface area (Å²) in [5.41, 5.74) is 2.80. The topological polar surface area (TPSA) is 71.1 Å². The van der Waals surface area contributed by atoms with E-state index in [0.29, 0.717) is 39.5 Å². The van der Waals surface area contributed by atoms with Crippen molar-refractivity contribution in [2.45, 2.75) is 11.2 Å². The molecule has 0 radical (unpaired) electrons. The number of rotatable bonds is 3. The minimum Gasteiger partial charge on any atom is -0.497 e. The predicted octanol–water partition coefficient (Wildman–Crippen LogP) is 6.73. The highest BCUT2D eigenvalue weighted by atomic mass is 16.6. The van der Waals surface area contributed by atoms with Crippen molar-refractivity contribution in [2.75, 3.05) is 7.11 Å². The van der Waals surface area contributed by atoms with Gasteiger partial charge in [0.25, 0.3) is 0 Å². The summed E-state index contributed by atoms with van der Waals surface area (Å²) in [5, 5.41) is 0. The second-order valence-corrected chi connectivity index (χ2v) is 10.3. The fourth-order valence-electron chi connectivity index (χ4n) is 6.48. The fraction of sp³-hybridized carbons (Fsp3) is 0.0857. The summed E-state index contributed by atoms with van der Waals surface area (Å²) < 4.78 is 24.5. The van der Waals surface area contributed by atoms with Crippen LogP contribution in [-0.4, -0.2) is 19.0 Å². The fourth-order valence-corrected chi connectivity index (χ4v) is 6.48. The number of esters is 2. The van der Waals surface area contributed by atoms with E-state index in [2.05, 4.69) is 0 Å². The predicted molar refractivity (Wildman–Crippen MR) is 149 cm³/mol. The van der Waals surface area contributed by atoms with Crippen molar-refractivity contribution in [3.63, 3.8) is 0 Å². The van der Waals surface area contributed by atoms with Gasteiger partial charge in [-0.25, -0.2) is 9.59 Å². The summed E-state index contributed by atoms with van der Waals surface area (Å²) in [4.78, 5) is 26.6. The molecule has 0 N–H and O–H groups in total. The minimum atomic E-state index is -1.25. The van der Waals surface area contributed by atoms with Gasteiger partial charge in [-0.05, 0) is 42.5 Å². The molecule has 1 spiro atoms. The summed E-state index contributed by atoms with van der Waals surface area (Å²) in [7, 11) is 1.61. The second kappa shape index (κ2) is 8.32. The molecule has 0 fully saturated rings. The molecule has 0 saturated carbocycles. The van der Waals surface area contributed by atoms with Crippen LogP contribution >= 0.6 is 0 Å². The zero-order chi connectivity index (χ0) is 27.8. The minimum absolute atomic E-state index is 0.406. The Labute approximate surface area is 235 Å². The van der Waals surface area contributed by atoms with E-state index >= 15 is 0 Å². The van der Waals surface area contributed by atoms with Gasteiger partial charge in [-0.2, -0.15) is 0 Å². The number of cyclic esters (lactones) is 1. The van der Waals surface area contributed by atoms with Gasteiger partial charge >= 0.3 is 11.9 Å². The number of fused-ring (bicyclic) bond motifs is 7. The Morgan fingerprint density at radius 1 is 0.537 bits per heavy atom. The first-order chi connectivity index (χ1) is 20.1. The van der Waals surface area contributed by atoms with Gasteiger partial charge in [-0.1, -0.05) is 72.8 Å². The number of carbonyl (C=O) groups is 2. The monoisotopic (exact) mass is 538 g/mol. The first kappa shape index (κ1) is 23.5. The van der Waals surface area contributed by atoms with Crippen LogP contribution in [0.3, 0.4) is 0 Å². The van der Waals surface area contributed by atoms with Crippen LogP contribution in [0, 0.1) is 0 Å². The second-order valence-electron chi connectivity index (χ2n) is 10.3. The van der Waals surface area contributed by atoms with Crippen molar-refractivity contribution in [1.29, 1.82) is 0 Å². The maximum atomic E-state index is 13.3.